The van der Waals surface area contributed by atoms with Crippen LogP contribution in [0.1, 0.15) is 10.4 Å². The molecule has 0 unspecified atom stereocenters. The van der Waals surface area contributed by atoms with Crippen molar-refractivity contribution in [2.75, 3.05) is 0 Å². The number of aliphatic hydroxyl groups excluding tert-OH is 1. The van der Waals surface area contributed by atoms with E-state index in [2.05, 4.69) is 15.9 Å². The summed E-state index contributed by atoms with van der Waals surface area (Å²) < 4.78 is 14.1. The van der Waals surface area contributed by atoms with Gasteiger partial charge in [0.2, 0.25) is 0 Å². The van der Waals surface area contributed by atoms with Crippen LogP contribution in [0.5, 0.6) is 0 Å². The monoisotopic (exact) mass is 274 g/mol. The molecular formula is C10H8BrFOS. The Morgan fingerprint density at radius 1 is 1.36 bits per heavy atom. The predicted octanol–water partition coefficient (Wildman–Crippen LogP) is 3.43. The molecule has 2 aromatic rings. The number of hydrogen-bond donors (Lipinski definition) is 1. The summed E-state index contributed by atoms with van der Waals surface area (Å²) in [6.45, 7) is -0.119. The maximum Gasteiger partial charge on any atom is 0.141 e. The molecule has 2 rings (SSSR count). The van der Waals surface area contributed by atoms with Crippen LogP contribution in [0.15, 0.2) is 18.2 Å². The van der Waals surface area contributed by atoms with Crippen LogP contribution in [0, 0.1) is 5.82 Å². The quantitative estimate of drug-likeness (QED) is 0.832. The Kier molecular flexibility index (Phi) is 2.85. The van der Waals surface area contributed by atoms with E-state index in [1.54, 1.807) is 0 Å². The van der Waals surface area contributed by atoms with Crippen LogP contribution in [0.4, 0.5) is 4.39 Å². The van der Waals surface area contributed by atoms with E-state index in [1.165, 1.54) is 17.4 Å². The Labute approximate surface area is 93.3 Å². The molecule has 0 bridgehead atoms. The van der Waals surface area contributed by atoms with Crippen molar-refractivity contribution in [2.45, 2.75) is 11.9 Å². The topological polar surface area (TPSA) is 20.2 Å². The van der Waals surface area contributed by atoms with Gasteiger partial charge in [-0.2, -0.15) is 0 Å². The van der Waals surface area contributed by atoms with Gasteiger partial charge in [0, 0.05) is 10.2 Å². The average Bonchev–Trinajstić information content (AvgIpc) is 2.61. The highest BCUT2D eigenvalue weighted by Gasteiger charge is 2.07. The van der Waals surface area contributed by atoms with Gasteiger partial charge in [0.25, 0.3) is 0 Å². The molecule has 0 fully saturated rings. The molecule has 0 aliphatic carbocycles. The van der Waals surface area contributed by atoms with Crippen LogP contribution in [-0.4, -0.2) is 5.11 Å². The smallest absolute Gasteiger partial charge is 0.141 e. The van der Waals surface area contributed by atoms with Gasteiger partial charge in [-0.25, -0.2) is 4.39 Å². The summed E-state index contributed by atoms with van der Waals surface area (Å²) >= 11 is 4.77. The Bertz CT molecular complexity index is 466. The number of thiophene rings is 1. The highest BCUT2D eigenvalue weighted by Crippen LogP contribution is 2.30. The summed E-state index contributed by atoms with van der Waals surface area (Å²) in [5, 5.41) is 10.5. The molecule has 1 N–H and O–H groups in total. The normalized spacial score (nSPS) is 11.1. The van der Waals surface area contributed by atoms with E-state index in [4.69, 9.17) is 5.11 Å². The highest BCUT2D eigenvalue weighted by atomic mass is 79.9. The predicted molar refractivity (Wildman–Crippen MR) is 60.3 cm³/mol. The third-order valence-corrected chi connectivity index (χ3v) is 4.13. The second kappa shape index (κ2) is 3.96. The second-order valence-corrected chi connectivity index (χ2v) is 4.70. The first-order valence-corrected chi connectivity index (χ1v) is 6.06. The zero-order chi connectivity index (χ0) is 10.1. The molecule has 0 amide bonds. The van der Waals surface area contributed by atoms with Crippen molar-refractivity contribution in [3.8, 4) is 0 Å². The lowest BCUT2D eigenvalue weighted by Crippen LogP contribution is -1.84. The van der Waals surface area contributed by atoms with Gasteiger partial charge in [-0.15, -0.1) is 11.3 Å². The first-order valence-electron chi connectivity index (χ1n) is 4.12. The Balaban J connectivity index is 2.67. The molecule has 1 heterocycles. The first-order chi connectivity index (χ1) is 6.74. The van der Waals surface area contributed by atoms with E-state index in [0.29, 0.717) is 10.3 Å². The lowest BCUT2D eigenvalue weighted by atomic mass is 10.1. The van der Waals surface area contributed by atoms with Crippen molar-refractivity contribution in [1.82, 2.24) is 0 Å². The molecule has 1 aromatic heterocycles. The Morgan fingerprint density at radius 2 is 2.14 bits per heavy atom. The van der Waals surface area contributed by atoms with Crippen LogP contribution in [0.3, 0.4) is 0 Å². The number of aliphatic hydroxyl groups is 1. The van der Waals surface area contributed by atoms with E-state index in [0.717, 1.165) is 15.6 Å². The molecule has 1 aromatic carbocycles. The van der Waals surface area contributed by atoms with E-state index in [1.807, 2.05) is 12.1 Å². The fourth-order valence-electron chi connectivity index (χ4n) is 1.38. The molecule has 74 valence electrons. The molecule has 0 radical (unpaired) electrons. The minimum Gasteiger partial charge on any atom is -0.392 e. The molecular weight excluding hydrogens is 267 g/mol. The minimum absolute atomic E-state index is 0.119. The van der Waals surface area contributed by atoms with Gasteiger partial charge in [-0.05, 0) is 29.1 Å². The number of hydrogen-bond acceptors (Lipinski definition) is 2. The standard InChI is InChI=1S/C10H8BrFOS/c11-4-8-3-7-1-6(5-13)2-9(12)10(7)14-8/h1-3,13H,4-5H2. The van der Waals surface area contributed by atoms with E-state index < -0.39 is 0 Å². The first kappa shape index (κ1) is 10.1. The SMILES string of the molecule is OCc1cc(F)c2sc(CBr)cc2c1. The molecule has 0 aliphatic rings. The summed E-state index contributed by atoms with van der Waals surface area (Å²) in [4.78, 5) is 1.09. The number of rotatable bonds is 2. The highest BCUT2D eigenvalue weighted by molar-refractivity contribution is 9.08. The summed E-state index contributed by atoms with van der Waals surface area (Å²) in [5.41, 5.74) is 0.619. The maximum atomic E-state index is 13.5. The van der Waals surface area contributed by atoms with Gasteiger partial charge in [-0.3, -0.25) is 0 Å². The lowest BCUT2D eigenvalue weighted by Gasteiger charge is -1.97. The Morgan fingerprint density at radius 3 is 2.79 bits per heavy atom. The molecule has 0 aliphatic heterocycles. The molecule has 0 spiro atoms. The third-order valence-electron chi connectivity index (χ3n) is 2.00. The van der Waals surface area contributed by atoms with Gasteiger partial charge in [0.15, 0.2) is 0 Å². The van der Waals surface area contributed by atoms with Crippen molar-refractivity contribution >= 4 is 37.4 Å². The molecule has 0 atom stereocenters. The summed E-state index contributed by atoms with van der Waals surface area (Å²) in [6.07, 6.45) is 0. The van der Waals surface area contributed by atoms with Gasteiger partial charge in [-0.1, -0.05) is 15.9 Å². The number of fused-ring (bicyclic) bond motifs is 1. The maximum absolute atomic E-state index is 13.5. The van der Waals surface area contributed by atoms with Crippen molar-refractivity contribution in [3.63, 3.8) is 0 Å². The molecule has 4 heteroatoms. The van der Waals surface area contributed by atoms with Crippen LogP contribution in [-0.2, 0) is 11.9 Å². The number of benzene rings is 1. The van der Waals surface area contributed by atoms with E-state index in [-0.39, 0.29) is 12.4 Å². The van der Waals surface area contributed by atoms with Gasteiger partial charge in [0.05, 0.1) is 11.3 Å². The Hall–Kier alpha value is -0.450. The van der Waals surface area contributed by atoms with Gasteiger partial charge < -0.3 is 5.11 Å². The second-order valence-electron chi connectivity index (χ2n) is 3.00. The fraction of sp³-hybridized carbons (Fsp3) is 0.200. The lowest BCUT2D eigenvalue weighted by molar-refractivity contribution is 0.281. The van der Waals surface area contributed by atoms with Crippen LogP contribution in [0.25, 0.3) is 10.1 Å². The molecule has 0 saturated heterocycles. The minimum atomic E-state index is -0.247. The average molecular weight is 275 g/mol. The third kappa shape index (κ3) is 1.69. The number of alkyl halides is 1. The van der Waals surface area contributed by atoms with Gasteiger partial charge >= 0.3 is 0 Å². The zero-order valence-electron chi connectivity index (χ0n) is 7.26. The van der Waals surface area contributed by atoms with Crippen molar-refractivity contribution in [3.05, 3.63) is 34.5 Å². The van der Waals surface area contributed by atoms with E-state index >= 15 is 0 Å². The van der Waals surface area contributed by atoms with Crippen LogP contribution in [0.2, 0.25) is 0 Å². The van der Waals surface area contributed by atoms with E-state index in [9.17, 15) is 4.39 Å². The van der Waals surface area contributed by atoms with Crippen molar-refractivity contribution in [2.24, 2.45) is 0 Å². The zero-order valence-corrected chi connectivity index (χ0v) is 9.66. The molecule has 14 heavy (non-hydrogen) atoms. The summed E-state index contributed by atoms with van der Waals surface area (Å²) in [5.74, 6) is -0.247. The fourth-order valence-corrected chi connectivity index (χ4v) is 2.78. The summed E-state index contributed by atoms with van der Waals surface area (Å²) in [6, 6.07) is 5.15. The van der Waals surface area contributed by atoms with Crippen molar-refractivity contribution < 1.29 is 9.50 Å². The summed E-state index contributed by atoms with van der Waals surface area (Å²) in [7, 11) is 0. The molecule has 0 saturated carbocycles. The van der Waals surface area contributed by atoms with Gasteiger partial charge in [0.1, 0.15) is 5.82 Å². The van der Waals surface area contributed by atoms with Crippen LogP contribution < -0.4 is 0 Å². The molecule has 1 nitrogen and oxygen atoms in total. The van der Waals surface area contributed by atoms with Crippen LogP contribution >= 0.6 is 27.3 Å². The largest absolute Gasteiger partial charge is 0.392 e. The number of halogens is 2. The van der Waals surface area contributed by atoms with Crippen molar-refractivity contribution in [1.29, 1.82) is 0 Å².